The summed E-state index contributed by atoms with van der Waals surface area (Å²) in [5, 5.41) is 2.78. The van der Waals surface area contributed by atoms with Crippen LogP contribution in [0.15, 0.2) is 20.0 Å². The highest BCUT2D eigenvalue weighted by atomic mass is 19.1. The first-order valence-corrected chi connectivity index (χ1v) is 9.25. The number of aryl methyl sites for hydroxylation is 2. The molecule has 0 saturated heterocycles. The smallest absolute Gasteiger partial charge is 0.431 e. The monoisotopic (exact) mass is 439 g/mol. The van der Waals surface area contributed by atoms with Crippen molar-refractivity contribution < 1.29 is 32.2 Å². The lowest BCUT2D eigenvalue weighted by atomic mass is 10.0. The molecule has 3 aromatic rings. The van der Waals surface area contributed by atoms with Crippen molar-refractivity contribution in [2.45, 2.75) is 39.0 Å². The number of hydrogen-bond acceptors (Lipinski definition) is 11. The van der Waals surface area contributed by atoms with E-state index in [-0.39, 0.29) is 30.6 Å². The van der Waals surface area contributed by atoms with Gasteiger partial charge in [0.25, 0.3) is 0 Å². The van der Waals surface area contributed by atoms with Gasteiger partial charge in [-0.15, -0.1) is 0 Å². The summed E-state index contributed by atoms with van der Waals surface area (Å²) >= 11 is 0. The molecule has 0 radical (unpaired) electrons. The molecule has 3 heterocycles. The van der Waals surface area contributed by atoms with Gasteiger partial charge in [0.1, 0.15) is 12.2 Å². The normalized spacial score (nSPS) is 13.2. The van der Waals surface area contributed by atoms with E-state index >= 15 is 0 Å². The van der Waals surface area contributed by atoms with Crippen LogP contribution in [-0.2, 0) is 27.4 Å². The van der Waals surface area contributed by atoms with Gasteiger partial charge in [-0.1, -0.05) is 0 Å². The van der Waals surface area contributed by atoms with E-state index in [9.17, 15) is 14.0 Å². The van der Waals surface area contributed by atoms with Gasteiger partial charge in [0.2, 0.25) is 0 Å². The number of fused-ring (bicyclic) bond motifs is 1. The molecule has 0 fully saturated rings. The molecule has 0 aromatic carbocycles. The molecule has 3 aromatic heterocycles. The number of ether oxygens (including phenoxy) is 3. The van der Waals surface area contributed by atoms with Crippen LogP contribution in [0, 0.1) is 13.0 Å². The van der Waals surface area contributed by atoms with E-state index in [0.29, 0.717) is 24.1 Å². The minimum absolute atomic E-state index is 0.0959. The van der Waals surface area contributed by atoms with Gasteiger partial charge in [-0.25, -0.2) is 14.6 Å². The molecule has 3 rings (SSSR count). The van der Waals surface area contributed by atoms with Gasteiger partial charge in [-0.3, -0.25) is 0 Å². The minimum atomic E-state index is -0.965. The Morgan fingerprint density at radius 2 is 2.10 bits per heavy atom. The van der Waals surface area contributed by atoms with Crippen LogP contribution >= 0.6 is 0 Å². The number of rotatable bonds is 9. The second kappa shape index (κ2) is 9.12. The Kier molecular flexibility index (Phi) is 6.53. The number of aromatic nitrogens is 4. The van der Waals surface area contributed by atoms with Crippen molar-refractivity contribution in [3.63, 3.8) is 0 Å². The Morgan fingerprint density at radius 1 is 1.32 bits per heavy atom. The topological polar surface area (TPSA) is 144 Å². The summed E-state index contributed by atoms with van der Waals surface area (Å²) in [6.07, 6.45) is 0.0700. The first kappa shape index (κ1) is 22.2. The van der Waals surface area contributed by atoms with Crippen LogP contribution in [0.3, 0.4) is 0 Å². The quantitative estimate of drug-likeness (QED) is 0.386. The van der Waals surface area contributed by atoms with Gasteiger partial charge in [-0.2, -0.15) is 14.4 Å². The van der Waals surface area contributed by atoms with Crippen LogP contribution in [0.1, 0.15) is 24.9 Å². The number of anilines is 1. The van der Waals surface area contributed by atoms with Crippen molar-refractivity contribution in [1.29, 1.82) is 0 Å². The number of nitrogens with zero attached hydrogens (tertiary/aromatic N) is 4. The summed E-state index contributed by atoms with van der Waals surface area (Å²) in [5.74, 6) is -0.284. The lowest BCUT2D eigenvalue weighted by Gasteiger charge is -2.27. The van der Waals surface area contributed by atoms with E-state index in [1.165, 1.54) is 20.4 Å². The molecule has 31 heavy (non-hydrogen) atoms. The van der Waals surface area contributed by atoms with Crippen LogP contribution in [0.25, 0.3) is 11.2 Å². The number of carbonyl (C=O) groups excluding carboxylic acids is 1. The fraction of sp³-hybridized carbons (Fsp3) is 0.500. The first-order valence-electron chi connectivity index (χ1n) is 9.25. The standard InChI is InChI=1S/C18H22FN5O7/c1-10-11(31-17(26)30-10)7-28-16(25)29-8-18(2,27-4)5-6-24-9-21-12-13(20-3)22-15(19)23-14(12)24/h9H,5-8H2,1-4H3,(H,20,22,23)/t18-/m0/s1. The fourth-order valence-electron chi connectivity index (χ4n) is 2.73. The molecule has 13 heteroatoms. The van der Waals surface area contributed by atoms with E-state index in [2.05, 4.69) is 24.7 Å². The van der Waals surface area contributed by atoms with E-state index in [0.717, 1.165) is 0 Å². The molecule has 12 nitrogen and oxygen atoms in total. The van der Waals surface area contributed by atoms with E-state index in [1.54, 1.807) is 18.5 Å². The highest BCUT2D eigenvalue weighted by Crippen LogP contribution is 2.21. The fourth-order valence-corrected chi connectivity index (χ4v) is 2.73. The second-order valence-electron chi connectivity index (χ2n) is 6.87. The van der Waals surface area contributed by atoms with Crippen molar-refractivity contribution in [3.8, 4) is 0 Å². The van der Waals surface area contributed by atoms with E-state index in [1.807, 2.05) is 0 Å². The average Bonchev–Trinajstić information content (AvgIpc) is 3.30. The van der Waals surface area contributed by atoms with Crippen LogP contribution in [0.2, 0.25) is 0 Å². The zero-order valence-electron chi connectivity index (χ0n) is 17.4. The van der Waals surface area contributed by atoms with Crippen LogP contribution < -0.4 is 11.1 Å². The molecule has 1 atom stereocenters. The molecule has 0 aliphatic rings. The molecular formula is C18H22FN5O7. The Bertz CT molecular complexity index is 1120. The lowest BCUT2D eigenvalue weighted by Crippen LogP contribution is -2.35. The van der Waals surface area contributed by atoms with Crippen molar-refractivity contribution in [1.82, 2.24) is 19.5 Å². The maximum absolute atomic E-state index is 13.7. The Labute approximate surface area is 175 Å². The molecule has 0 saturated carbocycles. The molecule has 0 aliphatic carbocycles. The molecule has 0 amide bonds. The Morgan fingerprint density at radius 3 is 2.74 bits per heavy atom. The predicted octanol–water partition coefficient (Wildman–Crippen LogP) is 2.01. The SMILES string of the molecule is CNc1nc(F)nc2c1ncn2CC[C@@](C)(COC(=O)OCc1oc(=O)oc1C)OC. The maximum atomic E-state index is 13.7. The first-order chi connectivity index (χ1) is 14.7. The molecule has 0 unspecified atom stereocenters. The highest BCUT2D eigenvalue weighted by Gasteiger charge is 2.27. The highest BCUT2D eigenvalue weighted by molar-refractivity contribution is 5.82. The zero-order chi connectivity index (χ0) is 22.6. The summed E-state index contributed by atoms with van der Waals surface area (Å²) in [4.78, 5) is 34.6. The third-order valence-corrected chi connectivity index (χ3v) is 4.70. The van der Waals surface area contributed by atoms with Gasteiger partial charge in [0.15, 0.2) is 35.1 Å². The minimum Gasteiger partial charge on any atom is -0.431 e. The summed E-state index contributed by atoms with van der Waals surface area (Å²) < 4.78 is 40.3. The van der Waals surface area contributed by atoms with Gasteiger partial charge in [-0.05, 0) is 20.3 Å². The third-order valence-electron chi connectivity index (χ3n) is 4.70. The summed E-state index contributed by atoms with van der Waals surface area (Å²) in [6.45, 7) is 3.19. The van der Waals surface area contributed by atoms with Crippen molar-refractivity contribution in [3.05, 3.63) is 34.5 Å². The number of carbonyl (C=O) groups is 1. The van der Waals surface area contributed by atoms with Crippen LogP contribution in [0.5, 0.6) is 0 Å². The molecule has 0 aliphatic heterocycles. The van der Waals surface area contributed by atoms with Crippen LogP contribution in [0.4, 0.5) is 15.0 Å². The second-order valence-corrected chi connectivity index (χ2v) is 6.87. The largest absolute Gasteiger partial charge is 0.519 e. The molecular weight excluding hydrogens is 417 g/mol. The van der Waals surface area contributed by atoms with Gasteiger partial charge in [0, 0.05) is 20.7 Å². The Balaban J connectivity index is 1.58. The number of imidazole rings is 1. The van der Waals surface area contributed by atoms with Gasteiger partial charge in [0.05, 0.1) is 6.33 Å². The van der Waals surface area contributed by atoms with Crippen molar-refractivity contribution in [2.75, 3.05) is 26.1 Å². The number of nitrogens with one attached hydrogen (secondary N) is 1. The van der Waals surface area contributed by atoms with Gasteiger partial charge < -0.3 is 32.9 Å². The molecule has 0 spiro atoms. The Hall–Kier alpha value is -3.48. The summed E-state index contributed by atoms with van der Waals surface area (Å²) in [6, 6.07) is 0. The summed E-state index contributed by atoms with van der Waals surface area (Å²) in [7, 11) is 3.09. The van der Waals surface area contributed by atoms with Gasteiger partial charge >= 0.3 is 18.1 Å². The van der Waals surface area contributed by atoms with E-state index in [4.69, 9.17) is 18.6 Å². The molecule has 168 valence electrons. The zero-order valence-corrected chi connectivity index (χ0v) is 17.4. The predicted molar refractivity (Wildman–Crippen MR) is 103 cm³/mol. The number of hydrogen-bond donors (Lipinski definition) is 1. The number of methoxy groups -OCH3 is 1. The average molecular weight is 439 g/mol. The number of halogens is 1. The van der Waals surface area contributed by atoms with E-state index < -0.39 is 23.7 Å². The van der Waals surface area contributed by atoms with Crippen molar-refractivity contribution >= 4 is 23.1 Å². The molecule has 0 bridgehead atoms. The molecule has 1 N–H and O–H groups in total. The summed E-state index contributed by atoms with van der Waals surface area (Å²) in [5.41, 5.74) is -0.109. The lowest BCUT2D eigenvalue weighted by molar-refractivity contribution is -0.0649. The third kappa shape index (κ3) is 5.17. The maximum Gasteiger partial charge on any atom is 0.519 e. The van der Waals surface area contributed by atoms with Crippen LogP contribution in [-0.4, -0.2) is 52.0 Å². The van der Waals surface area contributed by atoms with Crippen molar-refractivity contribution in [2.24, 2.45) is 0 Å².